The molecule has 0 bridgehead atoms. The fraction of sp³-hybridized carbons (Fsp3) is 0.238. The zero-order valence-electron chi connectivity index (χ0n) is 15.3. The Kier molecular flexibility index (Phi) is 5.62. The molecule has 0 radical (unpaired) electrons. The average molecular weight is 438 g/mol. The van der Waals surface area contributed by atoms with E-state index < -0.39 is 0 Å². The largest absolute Gasteiger partial charge is 0.352 e. The summed E-state index contributed by atoms with van der Waals surface area (Å²) in [6, 6.07) is 15.7. The number of amides is 1. The first-order valence-electron chi connectivity index (χ1n) is 9.20. The van der Waals surface area contributed by atoms with Gasteiger partial charge in [-0.3, -0.25) is 9.78 Å². The molecule has 142 valence electrons. The van der Waals surface area contributed by atoms with E-state index >= 15 is 0 Å². The van der Waals surface area contributed by atoms with Crippen molar-refractivity contribution in [2.45, 2.75) is 6.42 Å². The second-order valence-electron chi connectivity index (χ2n) is 6.68. The number of rotatable bonds is 4. The monoisotopic (exact) mass is 437 g/mol. The van der Waals surface area contributed by atoms with Crippen LogP contribution in [0.15, 0.2) is 65.4 Å². The number of hydrogen-bond donors (Lipinski definition) is 0. The molecule has 1 aliphatic rings. The molecular weight excluding hydrogens is 418 g/mol. The summed E-state index contributed by atoms with van der Waals surface area (Å²) in [4.78, 5) is 20.7. The molecule has 28 heavy (non-hydrogen) atoms. The molecule has 1 amide bonds. The van der Waals surface area contributed by atoms with Crippen LogP contribution in [0, 0.1) is 0 Å². The highest BCUT2D eigenvalue weighted by Gasteiger charge is 2.22. The van der Waals surface area contributed by atoms with E-state index in [2.05, 4.69) is 36.0 Å². The summed E-state index contributed by atoms with van der Waals surface area (Å²) in [7, 11) is 0. The number of halogens is 1. The van der Waals surface area contributed by atoms with Crippen LogP contribution in [0.2, 0.25) is 0 Å². The second-order valence-corrected chi connectivity index (χ2v) is 7.60. The minimum Gasteiger partial charge on any atom is -0.352 e. The van der Waals surface area contributed by atoms with Crippen LogP contribution in [0.3, 0.4) is 0 Å². The van der Waals surface area contributed by atoms with Gasteiger partial charge >= 0.3 is 0 Å². The molecule has 3 aromatic rings. The van der Waals surface area contributed by atoms with Crippen LogP contribution in [0.1, 0.15) is 5.56 Å². The molecule has 0 aliphatic carbocycles. The summed E-state index contributed by atoms with van der Waals surface area (Å²) < 4.78 is 1.02. The van der Waals surface area contributed by atoms with Crippen LogP contribution in [-0.4, -0.2) is 52.2 Å². The Morgan fingerprint density at radius 1 is 0.893 bits per heavy atom. The van der Waals surface area contributed by atoms with Crippen molar-refractivity contribution >= 4 is 27.7 Å². The van der Waals surface area contributed by atoms with Gasteiger partial charge in [-0.05, 0) is 42.0 Å². The lowest BCUT2D eigenvalue weighted by atomic mass is 10.1. The van der Waals surface area contributed by atoms with Crippen LogP contribution in [0.4, 0.5) is 5.82 Å². The smallest absolute Gasteiger partial charge is 0.227 e. The van der Waals surface area contributed by atoms with Gasteiger partial charge in [0.25, 0.3) is 0 Å². The third-order valence-electron chi connectivity index (χ3n) is 4.85. The fourth-order valence-corrected chi connectivity index (χ4v) is 3.51. The Labute approximate surface area is 172 Å². The van der Waals surface area contributed by atoms with Gasteiger partial charge in [-0.1, -0.05) is 28.1 Å². The van der Waals surface area contributed by atoms with E-state index in [1.165, 1.54) is 0 Å². The molecule has 0 N–H and O–H groups in total. The van der Waals surface area contributed by atoms with Crippen LogP contribution in [-0.2, 0) is 11.2 Å². The van der Waals surface area contributed by atoms with Crippen molar-refractivity contribution in [1.29, 1.82) is 0 Å². The van der Waals surface area contributed by atoms with Gasteiger partial charge in [0.15, 0.2) is 5.82 Å². The number of piperazine rings is 1. The van der Waals surface area contributed by atoms with E-state index in [9.17, 15) is 4.79 Å². The SMILES string of the molecule is O=C(Cc1ccc(Br)cc1)N1CCN(c2ccc(-c3ccncc3)nn2)CC1. The summed E-state index contributed by atoms with van der Waals surface area (Å²) >= 11 is 3.42. The third kappa shape index (κ3) is 4.36. The van der Waals surface area contributed by atoms with E-state index in [-0.39, 0.29) is 5.91 Å². The van der Waals surface area contributed by atoms with Crippen molar-refractivity contribution in [2.24, 2.45) is 0 Å². The van der Waals surface area contributed by atoms with Crippen molar-refractivity contribution in [3.8, 4) is 11.3 Å². The molecule has 1 aromatic carbocycles. The maximum absolute atomic E-state index is 12.6. The van der Waals surface area contributed by atoms with Crippen molar-refractivity contribution in [2.75, 3.05) is 31.1 Å². The fourth-order valence-electron chi connectivity index (χ4n) is 3.24. The molecule has 7 heteroatoms. The maximum Gasteiger partial charge on any atom is 0.227 e. The Balaban J connectivity index is 1.33. The molecule has 1 aliphatic heterocycles. The lowest BCUT2D eigenvalue weighted by Gasteiger charge is -2.35. The van der Waals surface area contributed by atoms with Crippen molar-refractivity contribution < 1.29 is 4.79 Å². The van der Waals surface area contributed by atoms with Crippen molar-refractivity contribution in [1.82, 2.24) is 20.1 Å². The van der Waals surface area contributed by atoms with Crippen LogP contribution in [0.5, 0.6) is 0 Å². The Hall–Kier alpha value is -2.80. The van der Waals surface area contributed by atoms with Gasteiger partial charge in [0, 0.05) is 48.6 Å². The number of benzene rings is 1. The highest BCUT2D eigenvalue weighted by molar-refractivity contribution is 9.10. The Morgan fingerprint density at radius 2 is 1.61 bits per heavy atom. The number of carbonyl (C=O) groups is 1. The highest BCUT2D eigenvalue weighted by Crippen LogP contribution is 2.19. The first kappa shape index (κ1) is 18.6. The number of pyridine rings is 1. The predicted octanol–water partition coefficient (Wildman–Crippen LogP) is 3.19. The van der Waals surface area contributed by atoms with Gasteiger partial charge in [-0.25, -0.2) is 0 Å². The predicted molar refractivity (Wildman–Crippen MR) is 112 cm³/mol. The minimum atomic E-state index is 0.168. The first-order valence-corrected chi connectivity index (χ1v) is 10.00. The molecular formula is C21H20BrN5O. The average Bonchev–Trinajstić information content (AvgIpc) is 2.76. The van der Waals surface area contributed by atoms with Crippen LogP contribution < -0.4 is 4.90 Å². The summed E-state index contributed by atoms with van der Waals surface area (Å²) in [5.74, 6) is 1.01. The van der Waals surface area contributed by atoms with Gasteiger partial charge in [-0.2, -0.15) is 0 Å². The maximum atomic E-state index is 12.6. The number of nitrogens with zero attached hydrogens (tertiary/aromatic N) is 5. The number of anilines is 1. The van der Waals surface area contributed by atoms with Gasteiger partial charge in [0.2, 0.25) is 5.91 Å². The number of hydrogen-bond acceptors (Lipinski definition) is 5. The van der Waals surface area contributed by atoms with Crippen molar-refractivity contribution in [3.05, 3.63) is 71.0 Å². The molecule has 1 saturated heterocycles. The number of carbonyl (C=O) groups excluding carboxylic acids is 1. The Morgan fingerprint density at radius 3 is 2.25 bits per heavy atom. The van der Waals surface area contributed by atoms with E-state index in [0.717, 1.165) is 40.2 Å². The van der Waals surface area contributed by atoms with E-state index in [4.69, 9.17) is 0 Å². The minimum absolute atomic E-state index is 0.168. The van der Waals surface area contributed by atoms with Crippen molar-refractivity contribution in [3.63, 3.8) is 0 Å². The number of aromatic nitrogens is 3. The molecule has 0 spiro atoms. The lowest BCUT2D eigenvalue weighted by Crippen LogP contribution is -2.49. The third-order valence-corrected chi connectivity index (χ3v) is 5.38. The summed E-state index contributed by atoms with van der Waals surface area (Å²) in [5.41, 5.74) is 2.86. The van der Waals surface area contributed by atoms with Crippen LogP contribution in [0.25, 0.3) is 11.3 Å². The summed E-state index contributed by atoms with van der Waals surface area (Å²) in [5, 5.41) is 8.71. The quantitative estimate of drug-likeness (QED) is 0.626. The topological polar surface area (TPSA) is 62.2 Å². The Bertz CT molecular complexity index is 923. The zero-order valence-corrected chi connectivity index (χ0v) is 16.9. The van der Waals surface area contributed by atoms with E-state index in [1.807, 2.05) is 53.4 Å². The first-order chi connectivity index (χ1) is 13.7. The van der Waals surface area contributed by atoms with E-state index in [1.54, 1.807) is 12.4 Å². The van der Waals surface area contributed by atoms with E-state index in [0.29, 0.717) is 19.5 Å². The standard InChI is InChI=1S/C21H20BrN5O/c22-18-3-1-16(2-4-18)15-21(28)27-13-11-26(12-14-27)20-6-5-19(24-25-20)17-7-9-23-10-8-17/h1-10H,11-15H2. The highest BCUT2D eigenvalue weighted by atomic mass is 79.9. The zero-order chi connectivity index (χ0) is 19.3. The van der Waals surface area contributed by atoms with Gasteiger partial charge in [-0.15, -0.1) is 10.2 Å². The summed E-state index contributed by atoms with van der Waals surface area (Å²) in [6.07, 6.45) is 3.93. The molecule has 0 atom stereocenters. The molecule has 4 rings (SSSR count). The van der Waals surface area contributed by atoms with Gasteiger partial charge in [0.1, 0.15) is 0 Å². The second kappa shape index (κ2) is 8.48. The van der Waals surface area contributed by atoms with Gasteiger partial charge < -0.3 is 9.80 Å². The van der Waals surface area contributed by atoms with Crippen LogP contribution >= 0.6 is 15.9 Å². The molecule has 3 heterocycles. The lowest BCUT2D eigenvalue weighted by molar-refractivity contribution is -0.130. The molecule has 6 nitrogen and oxygen atoms in total. The molecule has 0 saturated carbocycles. The molecule has 1 fully saturated rings. The normalized spacial score (nSPS) is 14.2. The molecule has 0 unspecified atom stereocenters. The summed E-state index contributed by atoms with van der Waals surface area (Å²) in [6.45, 7) is 2.91. The molecule has 2 aromatic heterocycles. The van der Waals surface area contributed by atoms with Gasteiger partial charge in [0.05, 0.1) is 12.1 Å².